The van der Waals surface area contributed by atoms with E-state index in [4.69, 9.17) is 4.98 Å². The second-order valence-electron chi connectivity index (χ2n) is 7.17. The summed E-state index contributed by atoms with van der Waals surface area (Å²) in [5.74, 6) is 0. The molecule has 1 fully saturated rings. The van der Waals surface area contributed by atoms with Crippen molar-refractivity contribution in [2.75, 3.05) is 38.1 Å². The fraction of sp³-hybridized carbons (Fsp3) is 0.812. The van der Waals surface area contributed by atoms with E-state index in [1.165, 1.54) is 15.7 Å². The van der Waals surface area contributed by atoms with Gasteiger partial charge in [-0.1, -0.05) is 20.8 Å². The van der Waals surface area contributed by atoms with Crippen molar-refractivity contribution in [2.24, 2.45) is 0 Å². The second-order valence-corrected chi connectivity index (χ2v) is 8.23. The Morgan fingerprint density at radius 1 is 1.19 bits per heavy atom. The standard InChI is InChI=1S/C16H30N4S/c1-12(2)19-7-9-20(10-8-19)15-18-14(16(3,4)5)13(21-15)11-17-6/h12,17H,7-11H2,1-6H3. The fourth-order valence-corrected chi connectivity index (χ4v) is 4.10. The molecule has 120 valence electrons. The molecule has 2 rings (SSSR count). The second kappa shape index (κ2) is 6.63. The average Bonchev–Trinajstić information content (AvgIpc) is 2.83. The monoisotopic (exact) mass is 310 g/mol. The van der Waals surface area contributed by atoms with Crippen molar-refractivity contribution in [3.8, 4) is 0 Å². The highest BCUT2D eigenvalue weighted by atomic mass is 32.1. The first-order valence-electron chi connectivity index (χ1n) is 7.96. The zero-order valence-corrected chi connectivity index (χ0v) is 15.2. The number of rotatable bonds is 4. The number of nitrogens with zero attached hydrogens (tertiary/aromatic N) is 3. The van der Waals surface area contributed by atoms with Crippen molar-refractivity contribution in [1.29, 1.82) is 0 Å². The lowest BCUT2D eigenvalue weighted by atomic mass is 9.91. The van der Waals surface area contributed by atoms with Gasteiger partial charge in [-0.15, -0.1) is 11.3 Å². The number of hydrogen-bond donors (Lipinski definition) is 1. The quantitative estimate of drug-likeness (QED) is 0.926. The summed E-state index contributed by atoms with van der Waals surface area (Å²) in [6.07, 6.45) is 0. The smallest absolute Gasteiger partial charge is 0.185 e. The summed E-state index contributed by atoms with van der Waals surface area (Å²) < 4.78 is 0. The molecule has 0 unspecified atom stereocenters. The summed E-state index contributed by atoms with van der Waals surface area (Å²) in [4.78, 5) is 11.4. The van der Waals surface area contributed by atoms with Crippen LogP contribution in [0.3, 0.4) is 0 Å². The number of anilines is 1. The van der Waals surface area contributed by atoms with Gasteiger partial charge in [-0.25, -0.2) is 4.98 Å². The lowest BCUT2D eigenvalue weighted by Crippen LogP contribution is -2.48. The van der Waals surface area contributed by atoms with Gasteiger partial charge in [-0.2, -0.15) is 0 Å². The van der Waals surface area contributed by atoms with E-state index in [1.807, 2.05) is 18.4 Å². The molecule has 0 aliphatic carbocycles. The molecule has 0 amide bonds. The predicted molar refractivity (Wildman–Crippen MR) is 92.5 cm³/mol. The van der Waals surface area contributed by atoms with Crippen LogP contribution >= 0.6 is 11.3 Å². The fourth-order valence-electron chi connectivity index (χ4n) is 2.77. The van der Waals surface area contributed by atoms with Gasteiger partial charge in [0.15, 0.2) is 5.13 Å². The van der Waals surface area contributed by atoms with Crippen LogP contribution in [0.25, 0.3) is 0 Å². The molecular weight excluding hydrogens is 280 g/mol. The van der Waals surface area contributed by atoms with E-state index >= 15 is 0 Å². The summed E-state index contributed by atoms with van der Waals surface area (Å²) in [5, 5.41) is 4.48. The van der Waals surface area contributed by atoms with Crippen LogP contribution in [0.1, 0.15) is 45.2 Å². The number of hydrogen-bond acceptors (Lipinski definition) is 5. The van der Waals surface area contributed by atoms with Crippen LogP contribution in [0.2, 0.25) is 0 Å². The Morgan fingerprint density at radius 2 is 1.81 bits per heavy atom. The first-order valence-corrected chi connectivity index (χ1v) is 8.78. The Balaban J connectivity index is 2.14. The van der Waals surface area contributed by atoms with Crippen LogP contribution in [0.5, 0.6) is 0 Å². The van der Waals surface area contributed by atoms with Crippen molar-refractivity contribution in [1.82, 2.24) is 15.2 Å². The van der Waals surface area contributed by atoms with Gasteiger partial charge in [0, 0.05) is 49.1 Å². The molecular formula is C16H30N4S. The molecule has 0 spiro atoms. The molecule has 2 heterocycles. The average molecular weight is 311 g/mol. The number of aromatic nitrogens is 1. The van der Waals surface area contributed by atoms with Gasteiger partial charge in [-0.3, -0.25) is 4.90 Å². The molecule has 4 nitrogen and oxygen atoms in total. The van der Waals surface area contributed by atoms with Gasteiger partial charge < -0.3 is 10.2 Å². The van der Waals surface area contributed by atoms with Crippen LogP contribution in [0, 0.1) is 0 Å². The van der Waals surface area contributed by atoms with E-state index in [0.29, 0.717) is 6.04 Å². The molecule has 1 N–H and O–H groups in total. The van der Waals surface area contributed by atoms with Crippen molar-refractivity contribution in [2.45, 2.75) is 52.6 Å². The Morgan fingerprint density at radius 3 is 2.29 bits per heavy atom. The summed E-state index contributed by atoms with van der Waals surface area (Å²) in [5.41, 5.74) is 1.36. The summed E-state index contributed by atoms with van der Waals surface area (Å²) in [6, 6.07) is 0.647. The third-order valence-corrected chi connectivity index (χ3v) is 5.17. The first kappa shape index (κ1) is 16.7. The minimum atomic E-state index is 0.112. The molecule has 1 aromatic rings. The largest absolute Gasteiger partial charge is 0.346 e. The maximum atomic E-state index is 4.98. The maximum Gasteiger partial charge on any atom is 0.185 e. The highest BCUT2D eigenvalue weighted by molar-refractivity contribution is 7.15. The van der Waals surface area contributed by atoms with Gasteiger partial charge in [0.25, 0.3) is 0 Å². The van der Waals surface area contributed by atoms with E-state index in [1.54, 1.807) is 0 Å². The predicted octanol–water partition coefficient (Wildman–Crippen LogP) is 2.69. The molecule has 1 aliphatic heterocycles. The van der Waals surface area contributed by atoms with Crippen molar-refractivity contribution < 1.29 is 0 Å². The highest BCUT2D eigenvalue weighted by Gasteiger charge is 2.26. The topological polar surface area (TPSA) is 31.4 Å². The van der Waals surface area contributed by atoms with Crippen molar-refractivity contribution in [3.63, 3.8) is 0 Å². The summed E-state index contributed by atoms with van der Waals surface area (Å²) in [7, 11) is 2.01. The minimum absolute atomic E-state index is 0.112. The number of thiazole rings is 1. The molecule has 0 atom stereocenters. The zero-order chi connectivity index (χ0) is 15.6. The van der Waals surface area contributed by atoms with Crippen LogP contribution in [0.4, 0.5) is 5.13 Å². The summed E-state index contributed by atoms with van der Waals surface area (Å²) >= 11 is 1.86. The Kier molecular flexibility index (Phi) is 5.28. The maximum absolute atomic E-state index is 4.98. The molecule has 0 aromatic carbocycles. The summed E-state index contributed by atoms with van der Waals surface area (Å²) in [6.45, 7) is 16.7. The van der Waals surface area contributed by atoms with Gasteiger partial charge in [-0.05, 0) is 20.9 Å². The molecule has 5 heteroatoms. The van der Waals surface area contributed by atoms with Gasteiger partial charge in [0.1, 0.15) is 0 Å². The van der Waals surface area contributed by atoms with E-state index in [-0.39, 0.29) is 5.41 Å². The third-order valence-electron chi connectivity index (χ3n) is 4.05. The Bertz CT molecular complexity index is 453. The van der Waals surface area contributed by atoms with Crippen molar-refractivity contribution >= 4 is 16.5 Å². The SMILES string of the molecule is CNCc1sc(N2CCN(C(C)C)CC2)nc1C(C)(C)C. The Labute approximate surface area is 133 Å². The number of nitrogens with one attached hydrogen (secondary N) is 1. The lowest BCUT2D eigenvalue weighted by molar-refractivity contribution is 0.209. The van der Waals surface area contributed by atoms with Crippen molar-refractivity contribution in [3.05, 3.63) is 10.6 Å². The van der Waals surface area contributed by atoms with Crippen LogP contribution in [0.15, 0.2) is 0 Å². The van der Waals surface area contributed by atoms with Gasteiger partial charge >= 0.3 is 0 Å². The molecule has 1 saturated heterocycles. The van der Waals surface area contributed by atoms with Crippen LogP contribution in [-0.2, 0) is 12.0 Å². The zero-order valence-electron chi connectivity index (χ0n) is 14.4. The molecule has 0 bridgehead atoms. The molecule has 21 heavy (non-hydrogen) atoms. The molecule has 1 aromatic heterocycles. The molecule has 0 saturated carbocycles. The van der Waals surface area contributed by atoms with Crippen LogP contribution in [-0.4, -0.2) is 49.2 Å². The highest BCUT2D eigenvalue weighted by Crippen LogP contribution is 2.34. The third kappa shape index (κ3) is 3.96. The van der Waals surface area contributed by atoms with E-state index in [0.717, 1.165) is 32.7 Å². The molecule has 0 radical (unpaired) electrons. The number of piperazine rings is 1. The normalized spacial score (nSPS) is 17.8. The lowest BCUT2D eigenvalue weighted by Gasteiger charge is -2.36. The van der Waals surface area contributed by atoms with E-state index < -0.39 is 0 Å². The minimum Gasteiger partial charge on any atom is -0.346 e. The Hall–Kier alpha value is -0.650. The van der Waals surface area contributed by atoms with E-state index in [9.17, 15) is 0 Å². The van der Waals surface area contributed by atoms with Gasteiger partial charge in [0.05, 0.1) is 5.69 Å². The van der Waals surface area contributed by atoms with Gasteiger partial charge in [0.2, 0.25) is 0 Å². The van der Waals surface area contributed by atoms with E-state index in [2.05, 4.69) is 49.7 Å². The molecule has 1 aliphatic rings. The first-order chi connectivity index (χ1) is 9.82. The van der Waals surface area contributed by atoms with Crippen LogP contribution < -0.4 is 10.2 Å².